The molecule has 0 radical (unpaired) electrons. The Bertz CT molecular complexity index is 2070. The molecular formula is C47H77N7O11S. The molecule has 1 aromatic carbocycles. The van der Waals surface area contributed by atoms with Crippen LogP contribution in [0.15, 0.2) is 30.5 Å². The van der Waals surface area contributed by atoms with Crippen LogP contribution in [0.25, 0.3) is 11.3 Å². The Morgan fingerprint density at radius 1 is 1.06 bits per heavy atom. The minimum atomic E-state index is -3.16. The summed E-state index contributed by atoms with van der Waals surface area (Å²) in [4.78, 5) is 48.6. The van der Waals surface area contributed by atoms with Crippen LogP contribution >= 0.6 is 0 Å². The fourth-order valence-electron chi connectivity index (χ4n) is 10.5. The number of hydrogen-bond acceptors (Lipinski definition) is 16. The number of amides is 1. The van der Waals surface area contributed by atoms with Gasteiger partial charge < -0.3 is 44.3 Å². The molecule has 18 nitrogen and oxygen atoms in total. The Hall–Kier alpha value is -3.72. The fourth-order valence-corrected chi connectivity index (χ4v) is 11.1. The van der Waals surface area contributed by atoms with Crippen molar-refractivity contribution < 1.29 is 51.6 Å². The van der Waals surface area contributed by atoms with Gasteiger partial charge in [-0.25, -0.2) is 13.2 Å². The van der Waals surface area contributed by atoms with Gasteiger partial charge in [0.05, 0.1) is 35.8 Å². The zero-order chi connectivity index (χ0) is 48.9. The summed E-state index contributed by atoms with van der Waals surface area (Å²) in [6, 6.07) is 6.23. The summed E-state index contributed by atoms with van der Waals surface area (Å²) in [6.45, 7) is 16.8. The van der Waals surface area contributed by atoms with E-state index in [2.05, 4.69) is 29.1 Å². The van der Waals surface area contributed by atoms with Gasteiger partial charge in [-0.1, -0.05) is 38.1 Å². The summed E-state index contributed by atoms with van der Waals surface area (Å²) in [5.74, 6) is -3.40. The molecule has 2 unspecified atom stereocenters. The summed E-state index contributed by atoms with van der Waals surface area (Å²) < 4.78 is 57.4. The molecule has 5 rings (SSSR count). The van der Waals surface area contributed by atoms with Gasteiger partial charge in [0.1, 0.15) is 33.7 Å². The number of sulfone groups is 1. The number of aliphatic hydroxyl groups excluding tert-OH is 1. The lowest BCUT2D eigenvalue weighted by atomic mass is 9.78. The molecule has 3 N–H and O–H groups in total. The summed E-state index contributed by atoms with van der Waals surface area (Å²) in [5.41, 5.74) is 5.82. The number of aromatic nitrogens is 3. The van der Waals surface area contributed by atoms with E-state index in [-0.39, 0.29) is 23.8 Å². The molecule has 0 bridgehead atoms. The number of esters is 1. The minimum Gasteiger partial charge on any atom is -0.458 e. The van der Waals surface area contributed by atoms with E-state index in [9.17, 15) is 27.9 Å². The number of aryl methyl sites for hydroxylation is 1. The van der Waals surface area contributed by atoms with Crippen molar-refractivity contribution in [2.45, 2.75) is 160 Å². The second-order valence-corrected chi connectivity index (χ2v) is 22.0. The van der Waals surface area contributed by atoms with Crippen LogP contribution in [-0.2, 0) is 49.7 Å². The molecule has 1 aromatic heterocycles. The molecule has 3 saturated heterocycles. The minimum absolute atomic E-state index is 0.0226. The summed E-state index contributed by atoms with van der Waals surface area (Å²) >= 11 is 0. The topological polar surface area (TPSA) is 218 Å². The molecule has 3 fully saturated rings. The van der Waals surface area contributed by atoms with E-state index in [4.69, 9.17) is 29.4 Å². The van der Waals surface area contributed by atoms with E-state index in [1.54, 1.807) is 23.6 Å². The third kappa shape index (κ3) is 12.5. The number of fused-ring (bicyclic) bond motifs is 1. The molecule has 0 saturated carbocycles. The molecule has 1 amide bonds. The van der Waals surface area contributed by atoms with Crippen molar-refractivity contribution in [1.82, 2.24) is 29.7 Å². The van der Waals surface area contributed by atoms with Crippen LogP contribution in [0.5, 0.6) is 0 Å². The van der Waals surface area contributed by atoms with E-state index < -0.39 is 87.4 Å². The predicted molar refractivity (Wildman–Crippen MR) is 250 cm³/mol. The first kappa shape index (κ1) is 53.2. The van der Waals surface area contributed by atoms with E-state index in [1.165, 1.54) is 13.2 Å². The zero-order valence-corrected chi connectivity index (χ0v) is 42.0. The number of methoxy groups -OCH3 is 1. The van der Waals surface area contributed by atoms with Crippen molar-refractivity contribution in [3.8, 4) is 11.3 Å². The highest BCUT2D eigenvalue weighted by Crippen LogP contribution is 2.41. The Balaban J connectivity index is 1.39. The van der Waals surface area contributed by atoms with Crippen LogP contribution in [0.3, 0.4) is 0 Å². The van der Waals surface area contributed by atoms with E-state index >= 15 is 0 Å². The van der Waals surface area contributed by atoms with Gasteiger partial charge in [-0.05, 0) is 112 Å². The van der Waals surface area contributed by atoms with E-state index in [0.29, 0.717) is 76.1 Å². The van der Waals surface area contributed by atoms with Crippen molar-refractivity contribution in [3.05, 3.63) is 30.5 Å². The van der Waals surface area contributed by atoms with Gasteiger partial charge in [0, 0.05) is 62.3 Å². The van der Waals surface area contributed by atoms with Gasteiger partial charge in [-0.3, -0.25) is 19.2 Å². The Kier molecular flexibility index (Phi) is 17.9. The zero-order valence-electron chi connectivity index (χ0n) is 41.2. The number of nitrogens with zero attached hydrogens (tertiary/aromatic N) is 6. The number of nitrogen functional groups attached to an aromatic ring is 1. The molecule has 372 valence electrons. The van der Waals surface area contributed by atoms with Gasteiger partial charge in [0.25, 0.3) is 0 Å². The van der Waals surface area contributed by atoms with Crippen molar-refractivity contribution in [1.29, 1.82) is 0 Å². The first-order valence-corrected chi connectivity index (χ1v) is 25.6. The Morgan fingerprint density at radius 2 is 1.76 bits per heavy atom. The molecule has 19 heteroatoms. The monoisotopic (exact) mass is 948 g/mol. The summed E-state index contributed by atoms with van der Waals surface area (Å²) in [7, 11) is 2.25. The number of likely N-dealkylation sites (N-methyl/N-ethyl adjacent to an activating group) is 2. The first-order chi connectivity index (χ1) is 30.9. The van der Waals surface area contributed by atoms with Crippen molar-refractivity contribution in [3.63, 3.8) is 0 Å². The number of cyclic esters (lactones) is 1. The average Bonchev–Trinajstić information content (AvgIpc) is 3.83. The number of carbonyl (C=O) groups is 3. The summed E-state index contributed by atoms with van der Waals surface area (Å²) in [5, 5.41) is 20.4. The maximum absolute atomic E-state index is 14.6. The van der Waals surface area contributed by atoms with Crippen molar-refractivity contribution >= 4 is 33.4 Å². The van der Waals surface area contributed by atoms with Crippen LogP contribution in [0.2, 0.25) is 0 Å². The lowest BCUT2D eigenvalue weighted by Crippen LogP contribution is -2.61. The number of rotatable bonds is 15. The van der Waals surface area contributed by atoms with Crippen LogP contribution in [0.4, 0.5) is 10.5 Å². The number of ether oxygens (including phenoxy) is 5. The fraction of sp³-hybridized carbons (Fsp3) is 0.766. The first-order valence-electron chi connectivity index (χ1n) is 23.5. The largest absolute Gasteiger partial charge is 0.458 e. The number of anilines is 1. The molecule has 3 aliphatic heterocycles. The lowest BCUT2D eigenvalue weighted by Gasteiger charge is -2.47. The number of ketones is 1. The smallest absolute Gasteiger partial charge is 0.410 e. The number of benzene rings is 1. The lowest BCUT2D eigenvalue weighted by molar-refractivity contribution is -0.296. The molecular weight excluding hydrogens is 871 g/mol. The van der Waals surface area contributed by atoms with Crippen molar-refractivity contribution in [2.24, 2.45) is 17.8 Å². The summed E-state index contributed by atoms with van der Waals surface area (Å²) in [6.07, 6.45) is 0.980. The molecule has 0 spiro atoms. The van der Waals surface area contributed by atoms with Gasteiger partial charge in [0.2, 0.25) is 0 Å². The van der Waals surface area contributed by atoms with Crippen LogP contribution in [0.1, 0.15) is 93.9 Å². The quantitative estimate of drug-likeness (QED) is 0.109. The van der Waals surface area contributed by atoms with Gasteiger partial charge in [0.15, 0.2) is 17.7 Å². The Morgan fingerprint density at radius 3 is 2.41 bits per heavy atom. The SMILES string of the molecule is CC[C@H]1OC(=O)[C@H](C)C(=O)[C@H](C)[C@@H](O[C@@H]2O[C@H](C)CC(N(C)CCCS(C)(=O)=O)C2O)[C@](C)(OC)C[C@@H](C)CN(C)[C@H](C)[C@H]2N(CCCCn3cc(-c4cccc(N)c4)nn3)C(=O)O[C@]12C. The second kappa shape index (κ2) is 22.1. The second-order valence-electron chi connectivity index (χ2n) is 19.8. The van der Waals surface area contributed by atoms with Gasteiger partial charge in [-0.15, -0.1) is 5.10 Å². The number of carbonyl (C=O) groups excluding carboxylic acids is 3. The highest BCUT2D eigenvalue weighted by molar-refractivity contribution is 7.90. The molecule has 2 aromatic rings. The maximum Gasteiger partial charge on any atom is 0.410 e. The van der Waals surface area contributed by atoms with Gasteiger partial charge in [-0.2, -0.15) is 0 Å². The molecule has 3 aliphatic rings. The molecule has 66 heavy (non-hydrogen) atoms. The predicted octanol–water partition coefficient (Wildman–Crippen LogP) is 4.43. The van der Waals surface area contributed by atoms with E-state index in [0.717, 1.165) is 5.56 Å². The van der Waals surface area contributed by atoms with Crippen LogP contribution < -0.4 is 5.73 Å². The number of nitrogens with two attached hydrogens (primary N) is 1. The third-order valence-electron chi connectivity index (χ3n) is 14.2. The highest BCUT2D eigenvalue weighted by atomic mass is 32.2. The average molecular weight is 948 g/mol. The maximum atomic E-state index is 14.6. The van der Waals surface area contributed by atoms with Crippen LogP contribution in [0, 0.1) is 17.8 Å². The number of Topliss-reactive ketones (excluding diaryl/α,β-unsaturated/α-hetero) is 1. The molecule has 4 heterocycles. The van der Waals surface area contributed by atoms with E-state index in [1.807, 2.05) is 77.2 Å². The third-order valence-corrected chi connectivity index (χ3v) is 15.3. The number of unbranched alkanes of at least 4 members (excludes halogenated alkanes) is 1. The van der Waals surface area contributed by atoms with Crippen LogP contribution in [-0.4, -0.2) is 174 Å². The number of hydrogen-bond donors (Lipinski definition) is 2. The Labute approximate surface area is 392 Å². The normalized spacial score (nSPS) is 34.4. The number of aliphatic hydroxyl groups is 1. The standard InChI is InChI=1S/C47H77N7O11S/c1-13-38-47(8)41(54(45(58)65-47)22-15-14-21-53-28-36(49-50-53)34-18-16-19-35(48)25-34)33(6)52(10)27-29(2)26-46(7,61-11)42(31(4)39(55)32(5)43(57)63-38)64-44-40(56)37(24-30(3)62-44)51(9)20-17-23-66(12,59)60/h16,18-19,25,28-33,37-38,40-42,44,56H,13-15,17,20-24,26-27,48H2,1-12H3/t29-,30-,31+,32-,33-,37?,38-,40?,41-,42-,44+,46-,47-/m1/s1. The van der Waals surface area contributed by atoms with Gasteiger partial charge >= 0.3 is 12.1 Å². The highest BCUT2D eigenvalue weighted by Gasteiger charge is 2.59. The molecule has 0 aliphatic carbocycles. The molecule has 13 atom stereocenters. The van der Waals surface area contributed by atoms with Crippen molar-refractivity contribution in [2.75, 3.05) is 58.6 Å².